The van der Waals surface area contributed by atoms with Gasteiger partial charge < -0.3 is 4.42 Å². The highest BCUT2D eigenvalue weighted by Gasteiger charge is 2.28. The molecule has 22 heavy (non-hydrogen) atoms. The van der Waals surface area contributed by atoms with E-state index >= 15 is 0 Å². The van der Waals surface area contributed by atoms with Crippen molar-refractivity contribution in [2.45, 2.75) is 25.4 Å². The van der Waals surface area contributed by atoms with Crippen LogP contribution in [0.5, 0.6) is 0 Å². The third-order valence-electron chi connectivity index (χ3n) is 4.13. The molecular weight excluding hydrogens is 298 g/mol. The number of hydrogen-bond acceptors (Lipinski definition) is 4. The molecule has 3 aromatic rings. The van der Waals surface area contributed by atoms with Crippen LogP contribution in [0.1, 0.15) is 30.5 Å². The van der Waals surface area contributed by atoms with E-state index in [0.717, 1.165) is 35.6 Å². The molecule has 1 saturated heterocycles. The fourth-order valence-corrected chi connectivity index (χ4v) is 3.28. The van der Waals surface area contributed by atoms with Crippen molar-refractivity contribution >= 4 is 22.7 Å². The minimum atomic E-state index is 0.347. The zero-order valence-corrected chi connectivity index (χ0v) is 12.8. The summed E-state index contributed by atoms with van der Waals surface area (Å²) in [7, 11) is 0. The van der Waals surface area contributed by atoms with E-state index in [-0.39, 0.29) is 0 Å². The SMILES string of the molecule is Clc1ccc2oc(CN3CCC[C@@H]3c3ccccn3)nc2c1. The van der Waals surface area contributed by atoms with E-state index < -0.39 is 0 Å². The topological polar surface area (TPSA) is 42.2 Å². The summed E-state index contributed by atoms with van der Waals surface area (Å²) in [6.45, 7) is 1.74. The molecule has 112 valence electrons. The molecule has 0 aliphatic carbocycles. The Labute approximate surface area is 133 Å². The van der Waals surface area contributed by atoms with Crippen molar-refractivity contribution in [1.29, 1.82) is 0 Å². The van der Waals surface area contributed by atoms with Gasteiger partial charge in [-0.25, -0.2) is 4.98 Å². The standard InChI is InChI=1S/C17H16ClN3O/c18-12-6-7-16-14(10-12)20-17(22-16)11-21-9-3-5-15(21)13-4-1-2-8-19-13/h1-2,4,6-8,10,15H,3,5,9,11H2/t15-/m1/s1. The van der Waals surface area contributed by atoms with Crippen LogP contribution < -0.4 is 0 Å². The first-order valence-corrected chi connectivity index (χ1v) is 7.87. The van der Waals surface area contributed by atoms with Gasteiger partial charge in [-0.2, -0.15) is 0 Å². The average Bonchev–Trinajstić information content (AvgIpc) is 3.14. The van der Waals surface area contributed by atoms with E-state index in [2.05, 4.69) is 20.9 Å². The molecule has 0 amide bonds. The molecule has 0 spiro atoms. The zero-order valence-electron chi connectivity index (χ0n) is 12.1. The van der Waals surface area contributed by atoms with Crippen LogP contribution in [-0.2, 0) is 6.54 Å². The number of halogens is 1. The van der Waals surface area contributed by atoms with Crippen LogP contribution in [0.4, 0.5) is 0 Å². The number of aromatic nitrogens is 2. The van der Waals surface area contributed by atoms with E-state index in [1.807, 2.05) is 36.5 Å². The Hall–Kier alpha value is -1.91. The quantitative estimate of drug-likeness (QED) is 0.726. The van der Waals surface area contributed by atoms with Crippen molar-refractivity contribution in [3.8, 4) is 0 Å². The zero-order chi connectivity index (χ0) is 14.9. The molecule has 0 bridgehead atoms. The predicted molar refractivity (Wildman–Crippen MR) is 85.6 cm³/mol. The first-order chi connectivity index (χ1) is 10.8. The minimum absolute atomic E-state index is 0.347. The molecule has 4 rings (SSSR count). The highest BCUT2D eigenvalue weighted by atomic mass is 35.5. The number of pyridine rings is 1. The lowest BCUT2D eigenvalue weighted by atomic mass is 10.1. The Bertz CT molecular complexity index is 787. The van der Waals surface area contributed by atoms with Crippen LogP contribution >= 0.6 is 11.6 Å². The van der Waals surface area contributed by atoms with Gasteiger partial charge in [0.1, 0.15) is 5.52 Å². The summed E-state index contributed by atoms with van der Waals surface area (Å²) in [6.07, 6.45) is 4.16. The van der Waals surface area contributed by atoms with Gasteiger partial charge in [-0.05, 0) is 49.7 Å². The predicted octanol–water partition coefficient (Wildman–Crippen LogP) is 4.21. The van der Waals surface area contributed by atoms with Crippen LogP contribution in [0.2, 0.25) is 5.02 Å². The van der Waals surface area contributed by atoms with E-state index in [1.165, 1.54) is 6.42 Å². The third kappa shape index (κ3) is 2.60. The lowest BCUT2D eigenvalue weighted by Crippen LogP contribution is -2.23. The van der Waals surface area contributed by atoms with Gasteiger partial charge in [0.05, 0.1) is 18.3 Å². The van der Waals surface area contributed by atoms with E-state index in [4.69, 9.17) is 16.0 Å². The number of hydrogen-bond donors (Lipinski definition) is 0. The van der Waals surface area contributed by atoms with Gasteiger partial charge in [-0.3, -0.25) is 9.88 Å². The average molecular weight is 314 g/mol. The second kappa shape index (κ2) is 5.71. The Morgan fingerprint density at radius 2 is 2.23 bits per heavy atom. The third-order valence-corrected chi connectivity index (χ3v) is 4.36. The molecular formula is C17H16ClN3O. The minimum Gasteiger partial charge on any atom is -0.439 e. The summed E-state index contributed by atoms with van der Waals surface area (Å²) in [5, 5.41) is 0.680. The lowest BCUT2D eigenvalue weighted by molar-refractivity contribution is 0.222. The Balaban J connectivity index is 1.58. The Morgan fingerprint density at radius 1 is 1.27 bits per heavy atom. The van der Waals surface area contributed by atoms with Crippen molar-refractivity contribution in [3.05, 3.63) is 59.2 Å². The smallest absolute Gasteiger partial charge is 0.209 e. The first kappa shape index (κ1) is 13.7. The summed E-state index contributed by atoms with van der Waals surface area (Å²) in [4.78, 5) is 11.4. The van der Waals surface area contributed by atoms with Crippen LogP contribution in [0.3, 0.4) is 0 Å². The summed E-state index contributed by atoms with van der Waals surface area (Å²) in [5.74, 6) is 0.736. The first-order valence-electron chi connectivity index (χ1n) is 7.49. The maximum atomic E-state index is 6.00. The highest BCUT2D eigenvalue weighted by Crippen LogP contribution is 2.32. The fraction of sp³-hybridized carbons (Fsp3) is 0.294. The Morgan fingerprint density at radius 3 is 3.09 bits per heavy atom. The molecule has 3 heterocycles. The number of nitrogens with zero attached hydrogens (tertiary/aromatic N) is 3. The molecule has 2 aromatic heterocycles. The number of fused-ring (bicyclic) bond motifs is 1. The number of oxazole rings is 1. The molecule has 1 aromatic carbocycles. The normalized spacial score (nSPS) is 19.0. The maximum absolute atomic E-state index is 6.00. The van der Waals surface area contributed by atoms with E-state index in [0.29, 0.717) is 17.6 Å². The van der Waals surface area contributed by atoms with Crippen molar-refractivity contribution in [2.24, 2.45) is 0 Å². The number of rotatable bonds is 3. The molecule has 0 saturated carbocycles. The van der Waals surface area contributed by atoms with Gasteiger partial charge in [-0.1, -0.05) is 17.7 Å². The summed E-state index contributed by atoms with van der Waals surface area (Å²) in [5.41, 5.74) is 2.73. The second-order valence-electron chi connectivity index (χ2n) is 5.60. The summed E-state index contributed by atoms with van der Waals surface area (Å²) >= 11 is 6.00. The van der Waals surface area contributed by atoms with Gasteiger partial charge in [0.2, 0.25) is 5.89 Å². The van der Waals surface area contributed by atoms with Crippen LogP contribution in [0, 0.1) is 0 Å². The largest absolute Gasteiger partial charge is 0.439 e. The van der Waals surface area contributed by atoms with Gasteiger partial charge in [0, 0.05) is 11.2 Å². The lowest BCUT2D eigenvalue weighted by Gasteiger charge is -2.22. The van der Waals surface area contributed by atoms with Crippen molar-refractivity contribution < 1.29 is 4.42 Å². The fourth-order valence-electron chi connectivity index (χ4n) is 3.11. The second-order valence-corrected chi connectivity index (χ2v) is 6.04. The number of likely N-dealkylation sites (tertiary alicyclic amines) is 1. The van der Waals surface area contributed by atoms with Crippen LogP contribution in [0.25, 0.3) is 11.1 Å². The maximum Gasteiger partial charge on any atom is 0.209 e. The van der Waals surface area contributed by atoms with Crippen LogP contribution in [0.15, 0.2) is 47.0 Å². The molecule has 1 aliphatic heterocycles. The molecule has 1 fully saturated rings. The monoisotopic (exact) mass is 313 g/mol. The number of benzene rings is 1. The molecule has 5 heteroatoms. The molecule has 4 nitrogen and oxygen atoms in total. The molecule has 0 unspecified atom stereocenters. The van der Waals surface area contributed by atoms with Crippen LogP contribution in [-0.4, -0.2) is 21.4 Å². The van der Waals surface area contributed by atoms with Gasteiger partial charge >= 0.3 is 0 Å². The summed E-state index contributed by atoms with van der Waals surface area (Å²) in [6, 6.07) is 12.0. The highest BCUT2D eigenvalue weighted by molar-refractivity contribution is 6.31. The van der Waals surface area contributed by atoms with Gasteiger partial charge in [-0.15, -0.1) is 0 Å². The van der Waals surface area contributed by atoms with Crippen molar-refractivity contribution in [1.82, 2.24) is 14.9 Å². The van der Waals surface area contributed by atoms with E-state index in [9.17, 15) is 0 Å². The molecule has 1 aliphatic rings. The van der Waals surface area contributed by atoms with E-state index in [1.54, 1.807) is 0 Å². The van der Waals surface area contributed by atoms with Crippen molar-refractivity contribution in [2.75, 3.05) is 6.54 Å². The Kier molecular flexibility index (Phi) is 3.56. The summed E-state index contributed by atoms with van der Waals surface area (Å²) < 4.78 is 5.84. The molecule has 0 N–H and O–H groups in total. The molecule has 1 atom stereocenters. The van der Waals surface area contributed by atoms with Gasteiger partial charge in [0.15, 0.2) is 5.58 Å². The van der Waals surface area contributed by atoms with Gasteiger partial charge in [0.25, 0.3) is 0 Å². The van der Waals surface area contributed by atoms with Crippen molar-refractivity contribution in [3.63, 3.8) is 0 Å². The molecule has 0 radical (unpaired) electrons.